The zero-order chi connectivity index (χ0) is 17.4. The van der Waals surface area contributed by atoms with Gasteiger partial charge in [-0.25, -0.2) is 4.79 Å². The number of carbonyl (C=O) groups excluding carboxylic acids is 1. The molecule has 1 aromatic rings. The van der Waals surface area contributed by atoms with E-state index in [0.29, 0.717) is 13.2 Å². The van der Waals surface area contributed by atoms with Crippen molar-refractivity contribution in [2.75, 3.05) is 13.2 Å². The molecule has 0 radical (unpaired) electrons. The van der Waals surface area contributed by atoms with Crippen LogP contribution in [-0.4, -0.2) is 36.2 Å². The van der Waals surface area contributed by atoms with E-state index in [2.05, 4.69) is 23.5 Å². The maximum absolute atomic E-state index is 12.8. The zero-order valence-corrected chi connectivity index (χ0v) is 14.4. The fourth-order valence-electron chi connectivity index (χ4n) is 4.84. The average Bonchev–Trinajstić information content (AvgIpc) is 3.35. The van der Waals surface area contributed by atoms with Crippen molar-refractivity contribution >= 4 is 11.9 Å². The van der Waals surface area contributed by atoms with Crippen LogP contribution in [0.1, 0.15) is 43.2 Å². The molecule has 1 spiro atoms. The predicted molar refractivity (Wildman–Crippen MR) is 92.3 cm³/mol. The van der Waals surface area contributed by atoms with Gasteiger partial charge >= 0.3 is 5.97 Å². The van der Waals surface area contributed by atoms with Crippen LogP contribution in [0.3, 0.4) is 0 Å². The number of hydrogen-bond acceptors (Lipinski definition) is 3. The monoisotopic (exact) mass is 343 g/mol. The zero-order valence-electron chi connectivity index (χ0n) is 14.4. The minimum atomic E-state index is -0.956. The second kappa shape index (κ2) is 6.45. The fourth-order valence-corrected chi connectivity index (χ4v) is 4.84. The molecule has 1 aromatic carbocycles. The van der Waals surface area contributed by atoms with Gasteiger partial charge in [-0.1, -0.05) is 24.3 Å². The lowest BCUT2D eigenvalue weighted by atomic mass is 9.78. The molecule has 2 aliphatic carbocycles. The first-order valence-corrected chi connectivity index (χ1v) is 9.31. The molecule has 5 heteroatoms. The maximum Gasteiger partial charge on any atom is 0.326 e. The Morgan fingerprint density at radius 2 is 2.12 bits per heavy atom. The largest absolute Gasteiger partial charge is 0.480 e. The highest BCUT2D eigenvalue weighted by molar-refractivity contribution is 5.89. The molecule has 25 heavy (non-hydrogen) atoms. The van der Waals surface area contributed by atoms with Crippen molar-refractivity contribution < 1.29 is 19.4 Å². The molecule has 0 aromatic heterocycles. The Labute approximate surface area is 147 Å². The third-order valence-electron chi connectivity index (χ3n) is 6.25. The second-order valence-corrected chi connectivity index (χ2v) is 7.73. The number of rotatable bonds is 4. The first-order chi connectivity index (χ1) is 12.1. The van der Waals surface area contributed by atoms with E-state index in [1.165, 1.54) is 11.1 Å². The summed E-state index contributed by atoms with van der Waals surface area (Å²) in [6.45, 7) is 1.09. The van der Waals surface area contributed by atoms with Crippen LogP contribution in [0.4, 0.5) is 0 Å². The minimum Gasteiger partial charge on any atom is -0.480 e. The number of ether oxygens (including phenoxy) is 1. The molecule has 2 fully saturated rings. The summed E-state index contributed by atoms with van der Waals surface area (Å²) < 4.78 is 5.41. The Bertz CT molecular complexity index is 682. The summed E-state index contributed by atoms with van der Waals surface area (Å²) in [6.07, 6.45) is 5.67. The van der Waals surface area contributed by atoms with E-state index in [-0.39, 0.29) is 23.2 Å². The van der Waals surface area contributed by atoms with Gasteiger partial charge in [0.2, 0.25) is 5.91 Å². The number of fused-ring (bicyclic) bond motifs is 2. The molecule has 4 atom stereocenters. The standard InChI is InChI=1S/C20H25NO4/c22-18(21-17(19(23)24)14-7-4-10-25-12-14)16-11-20(16)9-3-6-13-5-1-2-8-15(13)20/h1-2,5,8,14,16-17H,3-4,6-7,9-12H2,(H,21,22)(H,23,24). The molecule has 4 unspecified atom stereocenters. The summed E-state index contributed by atoms with van der Waals surface area (Å²) in [5, 5.41) is 12.4. The predicted octanol–water partition coefficient (Wildman–Crippen LogP) is 2.28. The van der Waals surface area contributed by atoms with Crippen molar-refractivity contribution in [3.8, 4) is 0 Å². The number of aliphatic carboxylic acids is 1. The van der Waals surface area contributed by atoms with Gasteiger partial charge in [0.15, 0.2) is 0 Å². The molecule has 3 aliphatic rings. The number of amides is 1. The van der Waals surface area contributed by atoms with Crippen LogP contribution in [0.15, 0.2) is 24.3 Å². The quantitative estimate of drug-likeness (QED) is 0.879. The molecule has 1 aliphatic heterocycles. The van der Waals surface area contributed by atoms with E-state index in [9.17, 15) is 14.7 Å². The van der Waals surface area contributed by atoms with Gasteiger partial charge in [-0.3, -0.25) is 4.79 Å². The molecule has 1 heterocycles. The third-order valence-corrected chi connectivity index (χ3v) is 6.25. The number of nitrogens with one attached hydrogen (secondary N) is 1. The summed E-state index contributed by atoms with van der Waals surface area (Å²) in [7, 11) is 0. The van der Waals surface area contributed by atoms with Crippen molar-refractivity contribution in [3.63, 3.8) is 0 Å². The number of carboxylic acid groups (broad SMARTS) is 1. The van der Waals surface area contributed by atoms with E-state index >= 15 is 0 Å². The Hall–Kier alpha value is -1.88. The van der Waals surface area contributed by atoms with Gasteiger partial charge in [0.25, 0.3) is 0 Å². The van der Waals surface area contributed by atoms with E-state index in [1.54, 1.807) is 0 Å². The van der Waals surface area contributed by atoms with Crippen LogP contribution < -0.4 is 5.32 Å². The van der Waals surface area contributed by atoms with E-state index in [0.717, 1.165) is 38.5 Å². The summed E-state index contributed by atoms with van der Waals surface area (Å²) in [5.41, 5.74) is 2.58. The van der Waals surface area contributed by atoms with Crippen LogP contribution in [-0.2, 0) is 26.2 Å². The number of aryl methyl sites for hydroxylation is 1. The number of benzene rings is 1. The van der Waals surface area contributed by atoms with Crippen LogP contribution in [0.5, 0.6) is 0 Å². The van der Waals surface area contributed by atoms with Gasteiger partial charge in [-0.05, 0) is 49.7 Å². The summed E-state index contributed by atoms with van der Waals surface area (Å²) >= 11 is 0. The number of carboxylic acids is 1. The molecule has 1 saturated carbocycles. The van der Waals surface area contributed by atoms with Gasteiger partial charge in [0.1, 0.15) is 6.04 Å². The minimum absolute atomic E-state index is 0.0644. The molecule has 5 nitrogen and oxygen atoms in total. The highest BCUT2D eigenvalue weighted by atomic mass is 16.5. The molecule has 1 amide bonds. The van der Waals surface area contributed by atoms with Gasteiger partial charge in [-0.15, -0.1) is 0 Å². The SMILES string of the molecule is O=C(O)C(NC(=O)C1CC12CCCc1ccccc12)C1CCCOC1. The average molecular weight is 343 g/mol. The molecule has 134 valence electrons. The molecule has 0 bridgehead atoms. The molecular weight excluding hydrogens is 318 g/mol. The first kappa shape index (κ1) is 16.6. The van der Waals surface area contributed by atoms with Crippen LogP contribution >= 0.6 is 0 Å². The van der Waals surface area contributed by atoms with Crippen LogP contribution in [0.25, 0.3) is 0 Å². The number of hydrogen-bond donors (Lipinski definition) is 2. The van der Waals surface area contributed by atoms with Crippen LogP contribution in [0.2, 0.25) is 0 Å². The third kappa shape index (κ3) is 2.95. The van der Waals surface area contributed by atoms with E-state index < -0.39 is 12.0 Å². The van der Waals surface area contributed by atoms with Crippen molar-refractivity contribution in [2.45, 2.75) is 50.0 Å². The van der Waals surface area contributed by atoms with Crippen molar-refractivity contribution in [1.29, 1.82) is 0 Å². The van der Waals surface area contributed by atoms with Crippen molar-refractivity contribution in [1.82, 2.24) is 5.32 Å². The fraction of sp³-hybridized carbons (Fsp3) is 0.600. The smallest absolute Gasteiger partial charge is 0.326 e. The lowest BCUT2D eigenvalue weighted by Crippen LogP contribution is -2.49. The Kier molecular flexibility index (Phi) is 4.28. The van der Waals surface area contributed by atoms with E-state index in [1.807, 2.05) is 6.07 Å². The normalized spacial score (nSPS) is 31.8. The van der Waals surface area contributed by atoms with Crippen molar-refractivity contribution in [2.24, 2.45) is 11.8 Å². The summed E-state index contributed by atoms with van der Waals surface area (Å²) in [4.78, 5) is 24.5. The highest BCUT2D eigenvalue weighted by Gasteiger charge is 2.60. The van der Waals surface area contributed by atoms with E-state index in [4.69, 9.17) is 4.74 Å². The highest BCUT2D eigenvalue weighted by Crippen LogP contribution is 2.60. The first-order valence-electron chi connectivity index (χ1n) is 9.31. The van der Waals surface area contributed by atoms with Crippen LogP contribution in [0, 0.1) is 11.8 Å². The molecule has 2 N–H and O–H groups in total. The lowest BCUT2D eigenvalue weighted by molar-refractivity contribution is -0.145. The second-order valence-electron chi connectivity index (χ2n) is 7.73. The summed E-state index contributed by atoms with van der Waals surface area (Å²) in [6, 6.07) is 7.55. The maximum atomic E-state index is 12.8. The lowest BCUT2D eigenvalue weighted by Gasteiger charge is -2.29. The van der Waals surface area contributed by atoms with Gasteiger partial charge in [0.05, 0.1) is 6.61 Å². The van der Waals surface area contributed by atoms with Crippen molar-refractivity contribution in [3.05, 3.63) is 35.4 Å². The molecule has 4 rings (SSSR count). The van der Waals surface area contributed by atoms with Gasteiger partial charge in [-0.2, -0.15) is 0 Å². The number of carbonyl (C=O) groups is 2. The Morgan fingerprint density at radius 3 is 2.88 bits per heavy atom. The Balaban J connectivity index is 1.48. The van der Waals surface area contributed by atoms with Gasteiger partial charge in [0, 0.05) is 23.9 Å². The summed E-state index contributed by atoms with van der Waals surface area (Å²) in [5.74, 6) is -1.29. The Morgan fingerprint density at radius 1 is 1.28 bits per heavy atom. The molecular formula is C20H25NO4. The topological polar surface area (TPSA) is 75.6 Å². The van der Waals surface area contributed by atoms with Gasteiger partial charge < -0.3 is 15.2 Å². The molecule has 1 saturated heterocycles.